The monoisotopic (exact) mass is 669 g/mol. The Morgan fingerprint density at radius 1 is 1.00 bits per heavy atom. The van der Waals surface area contributed by atoms with Crippen molar-refractivity contribution < 1.29 is 37.1 Å². The van der Waals surface area contributed by atoms with Crippen LogP contribution in [0.1, 0.15) is 71.8 Å². The fraction of sp³-hybridized carbons (Fsp3) is 0.567. The minimum Gasteiger partial charge on any atom is -0.460 e. The first kappa shape index (κ1) is 39.4. The number of primary amides is 1. The van der Waals surface area contributed by atoms with E-state index in [1.807, 2.05) is 0 Å². The third kappa shape index (κ3) is 16.3. The molecule has 0 saturated carbocycles. The number of benzene rings is 1. The van der Waals surface area contributed by atoms with Gasteiger partial charge in [0.15, 0.2) is 9.84 Å². The SMILES string of the molecule is C=CS(=O)(=O)CCCCCC(=O)N[C@H](C(=O)NC(CCCNC(N)=O)C(=O)Nc1ccc(COC(=O)C(C)(C)S)cc1)C(C)C. The Bertz CT molecular complexity index is 1280. The van der Waals surface area contributed by atoms with Gasteiger partial charge in [0.05, 0.1) is 5.75 Å². The van der Waals surface area contributed by atoms with Gasteiger partial charge in [0.25, 0.3) is 0 Å². The first-order valence-corrected chi connectivity index (χ1v) is 16.9. The number of ether oxygens (including phenoxy) is 1. The maximum atomic E-state index is 13.3. The molecule has 0 bridgehead atoms. The Labute approximate surface area is 271 Å². The lowest BCUT2D eigenvalue weighted by Crippen LogP contribution is -2.54. The Hall–Kier alpha value is -3.59. The Kier molecular flexibility index (Phi) is 16.7. The summed E-state index contributed by atoms with van der Waals surface area (Å²) in [6.45, 7) is 10.2. The van der Waals surface area contributed by atoms with Crippen LogP contribution in [-0.2, 0) is 40.4 Å². The summed E-state index contributed by atoms with van der Waals surface area (Å²) in [4.78, 5) is 62.1. The zero-order valence-electron chi connectivity index (χ0n) is 26.4. The predicted octanol–water partition coefficient (Wildman–Crippen LogP) is 2.57. The molecule has 15 heteroatoms. The number of nitrogens with two attached hydrogens (primary N) is 1. The van der Waals surface area contributed by atoms with E-state index in [2.05, 4.69) is 40.5 Å². The summed E-state index contributed by atoms with van der Waals surface area (Å²) in [6, 6.07) is 3.98. The highest BCUT2D eigenvalue weighted by Gasteiger charge is 2.29. The number of esters is 1. The highest BCUT2D eigenvalue weighted by Crippen LogP contribution is 2.17. The number of nitrogens with one attached hydrogen (secondary N) is 4. The van der Waals surface area contributed by atoms with Crippen LogP contribution in [0, 0.1) is 5.92 Å². The lowest BCUT2D eigenvalue weighted by Gasteiger charge is -2.25. The summed E-state index contributed by atoms with van der Waals surface area (Å²) in [5.41, 5.74) is 6.25. The van der Waals surface area contributed by atoms with Crippen LogP contribution in [0.15, 0.2) is 36.3 Å². The number of amides is 5. The number of unbranched alkanes of at least 4 members (excludes halogenated alkanes) is 2. The van der Waals surface area contributed by atoms with E-state index in [0.717, 1.165) is 5.41 Å². The van der Waals surface area contributed by atoms with Crippen LogP contribution in [0.3, 0.4) is 0 Å². The van der Waals surface area contributed by atoms with Crippen LogP contribution < -0.4 is 27.0 Å². The second kappa shape index (κ2) is 19.0. The minimum absolute atomic E-state index is 0.0299. The number of hydrogen-bond donors (Lipinski definition) is 6. The highest BCUT2D eigenvalue weighted by molar-refractivity contribution is 7.94. The molecule has 2 atom stereocenters. The molecule has 0 heterocycles. The van der Waals surface area contributed by atoms with Gasteiger partial charge in [-0.2, -0.15) is 12.6 Å². The van der Waals surface area contributed by atoms with Gasteiger partial charge in [0.1, 0.15) is 23.4 Å². The predicted molar refractivity (Wildman–Crippen MR) is 176 cm³/mol. The van der Waals surface area contributed by atoms with Crippen molar-refractivity contribution in [2.24, 2.45) is 11.7 Å². The second-order valence-electron chi connectivity index (χ2n) is 11.4. The topological polar surface area (TPSA) is 203 Å². The van der Waals surface area contributed by atoms with Crippen molar-refractivity contribution in [3.8, 4) is 0 Å². The minimum atomic E-state index is -3.29. The standard InChI is InChI=1S/C30H47N5O8S2/c1-6-45(41,42)18-9-7-8-12-24(36)35-25(20(2)3)27(38)34-23(11-10-17-32-29(31)40)26(37)33-22-15-13-21(14-16-22)19-43-28(39)30(4,5)44/h6,13-16,20,23,25,44H,1,7-12,17-19H2,2-5H3,(H,33,37)(H,34,38)(H,35,36)(H3,31,32,40)/t23?,25-/m0/s1. The zero-order valence-corrected chi connectivity index (χ0v) is 28.1. The van der Waals surface area contributed by atoms with Gasteiger partial charge in [-0.3, -0.25) is 19.2 Å². The van der Waals surface area contributed by atoms with Crippen molar-refractivity contribution in [1.29, 1.82) is 0 Å². The average molecular weight is 670 g/mol. The van der Waals surface area contributed by atoms with Crippen molar-refractivity contribution in [3.63, 3.8) is 0 Å². The smallest absolute Gasteiger partial charge is 0.321 e. The number of hydrogen-bond acceptors (Lipinski definition) is 9. The number of carbonyl (C=O) groups is 5. The van der Waals surface area contributed by atoms with E-state index in [-0.39, 0.29) is 43.6 Å². The summed E-state index contributed by atoms with van der Waals surface area (Å²) >= 11 is 4.19. The molecule has 5 amide bonds. The van der Waals surface area contributed by atoms with Gasteiger partial charge in [-0.05, 0) is 63.1 Å². The Morgan fingerprint density at radius 2 is 1.64 bits per heavy atom. The summed E-state index contributed by atoms with van der Waals surface area (Å²) in [6.07, 6.45) is 1.94. The molecule has 6 N–H and O–H groups in total. The second-order valence-corrected chi connectivity index (χ2v) is 14.6. The van der Waals surface area contributed by atoms with E-state index < -0.39 is 50.5 Å². The maximum Gasteiger partial charge on any atom is 0.321 e. The van der Waals surface area contributed by atoms with Gasteiger partial charge in [-0.1, -0.05) is 39.0 Å². The molecular formula is C30H47N5O8S2. The molecule has 0 saturated heterocycles. The van der Waals surface area contributed by atoms with Crippen LogP contribution in [0.5, 0.6) is 0 Å². The van der Waals surface area contributed by atoms with Crippen molar-refractivity contribution in [1.82, 2.24) is 16.0 Å². The zero-order chi connectivity index (χ0) is 34.2. The average Bonchev–Trinajstić information content (AvgIpc) is 2.95. The number of sulfone groups is 1. The van der Waals surface area contributed by atoms with E-state index in [1.165, 1.54) is 0 Å². The van der Waals surface area contributed by atoms with Gasteiger partial charge in [-0.15, -0.1) is 0 Å². The Balaban J connectivity index is 2.85. The van der Waals surface area contributed by atoms with Gasteiger partial charge >= 0.3 is 12.0 Å². The number of carbonyl (C=O) groups excluding carboxylic acids is 5. The molecule has 1 aromatic carbocycles. The fourth-order valence-corrected chi connectivity index (χ4v) is 4.75. The molecule has 1 unspecified atom stereocenters. The number of thiol groups is 1. The van der Waals surface area contributed by atoms with E-state index in [4.69, 9.17) is 10.5 Å². The van der Waals surface area contributed by atoms with Crippen LogP contribution in [0.4, 0.5) is 10.5 Å². The van der Waals surface area contributed by atoms with Crippen molar-refractivity contribution in [3.05, 3.63) is 41.8 Å². The molecule has 0 spiro atoms. The van der Waals surface area contributed by atoms with E-state index in [1.54, 1.807) is 52.0 Å². The van der Waals surface area contributed by atoms with E-state index in [9.17, 15) is 32.4 Å². The molecule has 0 radical (unpaired) electrons. The van der Waals surface area contributed by atoms with Crippen molar-refractivity contribution >= 4 is 57.9 Å². The van der Waals surface area contributed by atoms with Crippen LogP contribution >= 0.6 is 12.6 Å². The first-order chi connectivity index (χ1) is 20.9. The summed E-state index contributed by atoms with van der Waals surface area (Å²) in [5.74, 6) is -2.25. The fourth-order valence-electron chi connectivity index (χ4n) is 3.92. The van der Waals surface area contributed by atoms with Crippen molar-refractivity contribution in [2.45, 2.75) is 89.7 Å². The number of urea groups is 1. The molecular weight excluding hydrogens is 622 g/mol. The normalized spacial score (nSPS) is 12.8. The molecule has 0 aliphatic rings. The third-order valence-corrected chi connectivity index (χ3v) is 8.09. The molecule has 13 nitrogen and oxygen atoms in total. The maximum absolute atomic E-state index is 13.3. The van der Waals surface area contributed by atoms with Gasteiger partial charge in [-0.25, -0.2) is 13.2 Å². The van der Waals surface area contributed by atoms with Crippen molar-refractivity contribution in [2.75, 3.05) is 17.6 Å². The third-order valence-electron chi connectivity index (χ3n) is 6.54. The molecule has 0 fully saturated rings. The highest BCUT2D eigenvalue weighted by atomic mass is 32.2. The van der Waals surface area contributed by atoms with Gasteiger partial charge < -0.3 is 31.7 Å². The van der Waals surface area contributed by atoms with E-state index >= 15 is 0 Å². The summed E-state index contributed by atoms with van der Waals surface area (Å²) in [7, 11) is -3.29. The molecule has 0 aliphatic carbocycles. The lowest BCUT2D eigenvalue weighted by atomic mass is 10.0. The first-order valence-electron chi connectivity index (χ1n) is 14.7. The van der Waals surface area contributed by atoms with Crippen LogP contribution in [0.25, 0.3) is 0 Å². The van der Waals surface area contributed by atoms with Crippen LogP contribution in [-0.4, -0.2) is 67.3 Å². The van der Waals surface area contributed by atoms with Gasteiger partial charge in [0, 0.05) is 24.1 Å². The molecule has 1 rings (SSSR count). The largest absolute Gasteiger partial charge is 0.460 e. The quantitative estimate of drug-likeness (QED) is 0.0690. The summed E-state index contributed by atoms with van der Waals surface area (Å²) in [5, 5.41) is 11.5. The number of rotatable bonds is 20. The summed E-state index contributed by atoms with van der Waals surface area (Å²) < 4.78 is 27.3. The molecule has 252 valence electrons. The number of anilines is 1. The Morgan fingerprint density at radius 3 is 2.20 bits per heavy atom. The molecule has 0 aliphatic heterocycles. The molecule has 45 heavy (non-hydrogen) atoms. The van der Waals surface area contributed by atoms with E-state index in [0.29, 0.717) is 36.9 Å². The van der Waals surface area contributed by atoms with Gasteiger partial charge in [0.2, 0.25) is 17.7 Å². The van der Waals surface area contributed by atoms with Crippen LogP contribution in [0.2, 0.25) is 0 Å². The molecule has 1 aromatic rings. The lowest BCUT2D eigenvalue weighted by molar-refractivity contribution is -0.146. The molecule has 0 aromatic heterocycles.